The van der Waals surface area contributed by atoms with E-state index in [1.54, 1.807) is 13.3 Å². The summed E-state index contributed by atoms with van der Waals surface area (Å²) in [7, 11) is 1.63. The highest BCUT2D eigenvalue weighted by atomic mass is 16.5. The highest BCUT2D eigenvalue weighted by molar-refractivity contribution is 5.49. The summed E-state index contributed by atoms with van der Waals surface area (Å²) in [6.07, 6.45) is 1.73. The Morgan fingerprint density at radius 2 is 2.36 bits per heavy atom. The van der Waals surface area contributed by atoms with Gasteiger partial charge in [-0.15, -0.1) is 0 Å². The van der Waals surface area contributed by atoms with Crippen LogP contribution in [0.3, 0.4) is 0 Å². The van der Waals surface area contributed by atoms with Gasteiger partial charge >= 0.3 is 0 Å². The Labute approximate surface area is 84.3 Å². The lowest BCUT2D eigenvalue weighted by molar-refractivity contribution is 0.158. The van der Waals surface area contributed by atoms with Gasteiger partial charge in [-0.3, -0.25) is 0 Å². The molecule has 1 rings (SSSR count). The Hall–Kier alpha value is -1.29. The van der Waals surface area contributed by atoms with E-state index in [2.05, 4.69) is 10.3 Å². The summed E-state index contributed by atoms with van der Waals surface area (Å²) < 4.78 is 10.3. The zero-order chi connectivity index (χ0) is 10.2. The topological polar surface area (TPSA) is 43.4 Å². The van der Waals surface area contributed by atoms with Crippen molar-refractivity contribution in [1.82, 2.24) is 4.98 Å². The van der Waals surface area contributed by atoms with Crippen LogP contribution in [0.4, 0.5) is 5.82 Å². The molecule has 1 aromatic heterocycles. The van der Waals surface area contributed by atoms with Crippen molar-refractivity contribution in [3.05, 3.63) is 18.3 Å². The first-order valence-corrected chi connectivity index (χ1v) is 4.69. The largest absolute Gasteiger partial charge is 0.493 e. The van der Waals surface area contributed by atoms with Crippen molar-refractivity contribution in [1.29, 1.82) is 0 Å². The van der Waals surface area contributed by atoms with Gasteiger partial charge in [-0.2, -0.15) is 0 Å². The summed E-state index contributed by atoms with van der Waals surface area (Å²) >= 11 is 0. The van der Waals surface area contributed by atoms with Crippen molar-refractivity contribution in [2.24, 2.45) is 0 Å². The van der Waals surface area contributed by atoms with Gasteiger partial charge in [0.05, 0.1) is 13.7 Å². The molecule has 0 aliphatic carbocycles. The fourth-order valence-corrected chi connectivity index (χ4v) is 1.07. The van der Waals surface area contributed by atoms with E-state index in [1.807, 2.05) is 19.1 Å². The molecule has 0 unspecified atom stereocenters. The fraction of sp³-hybridized carbons (Fsp3) is 0.500. The first-order chi connectivity index (χ1) is 6.88. The maximum absolute atomic E-state index is 5.20. The Balaban J connectivity index is 2.41. The normalized spacial score (nSPS) is 9.86. The van der Waals surface area contributed by atoms with Crippen LogP contribution in [0.25, 0.3) is 0 Å². The van der Waals surface area contributed by atoms with Crippen LogP contribution < -0.4 is 10.1 Å². The molecule has 0 saturated heterocycles. The maximum Gasteiger partial charge on any atom is 0.168 e. The predicted octanol–water partition coefficient (Wildman–Crippen LogP) is 1.54. The number of pyridine rings is 1. The van der Waals surface area contributed by atoms with Crippen LogP contribution in [-0.4, -0.2) is 31.9 Å². The highest BCUT2D eigenvalue weighted by Gasteiger charge is 2.00. The number of rotatable bonds is 6. The van der Waals surface area contributed by atoms with E-state index in [0.29, 0.717) is 6.61 Å². The summed E-state index contributed by atoms with van der Waals surface area (Å²) in [5, 5.41) is 3.14. The second-order valence-corrected chi connectivity index (χ2v) is 2.68. The molecular weight excluding hydrogens is 180 g/mol. The molecule has 1 heterocycles. The molecular formula is C10H16N2O2. The Bertz CT molecular complexity index is 266. The first kappa shape index (κ1) is 10.8. The van der Waals surface area contributed by atoms with Crippen molar-refractivity contribution >= 4 is 5.82 Å². The minimum absolute atomic E-state index is 0.677. The number of hydrogen-bond donors (Lipinski definition) is 1. The average molecular weight is 196 g/mol. The Morgan fingerprint density at radius 1 is 1.50 bits per heavy atom. The molecule has 0 radical (unpaired) electrons. The van der Waals surface area contributed by atoms with Crippen molar-refractivity contribution in [2.45, 2.75) is 6.92 Å². The van der Waals surface area contributed by atoms with Gasteiger partial charge in [-0.25, -0.2) is 4.98 Å². The molecule has 0 saturated carbocycles. The van der Waals surface area contributed by atoms with Crippen LogP contribution in [0.15, 0.2) is 18.3 Å². The monoisotopic (exact) mass is 196 g/mol. The molecule has 0 atom stereocenters. The van der Waals surface area contributed by atoms with Crippen LogP contribution in [0.5, 0.6) is 5.75 Å². The van der Waals surface area contributed by atoms with Gasteiger partial charge in [0.25, 0.3) is 0 Å². The third-order valence-electron chi connectivity index (χ3n) is 1.73. The Morgan fingerprint density at radius 3 is 3.07 bits per heavy atom. The maximum atomic E-state index is 5.20. The molecule has 0 aromatic carbocycles. The molecule has 0 amide bonds. The van der Waals surface area contributed by atoms with Gasteiger partial charge in [0.15, 0.2) is 11.6 Å². The third-order valence-corrected chi connectivity index (χ3v) is 1.73. The predicted molar refractivity (Wildman–Crippen MR) is 55.8 cm³/mol. The van der Waals surface area contributed by atoms with E-state index in [-0.39, 0.29) is 0 Å². The van der Waals surface area contributed by atoms with Gasteiger partial charge in [-0.05, 0) is 19.1 Å². The van der Waals surface area contributed by atoms with Crippen molar-refractivity contribution in [3.63, 3.8) is 0 Å². The second-order valence-electron chi connectivity index (χ2n) is 2.68. The molecule has 1 N–H and O–H groups in total. The summed E-state index contributed by atoms with van der Waals surface area (Å²) in [6.45, 7) is 4.12. The molecule has 0 bridgehead atoms. The first-order valence-electron chi connectivity index (χ1n) is 4.69. The zero-order valence-corrected chi connectivity index (χ0v) is 8.62. The van der Waals surface area contributed by atoms with E-state index in [1.165, 1.54) is 0 Å². The molecule has 0 aliphatic rings. The van der Waals surface area contributed by atoms with E-state index in [4.69, 9.17) is 9.47 Å². The third kappa shape index (κ3) is 3.22. The van der Waals surface area contributed by atoms with E-state index in [9.17, 15) is 0 Å². The lowest BCUT2D eigenvalue weighted by Gasteiger charge is -2.09. The molecule has 4 heteroatoms. The molecule has 78 valence electrons. The van der Waals surface area contributed by atoms with E-state index in [0.717, 1.165) is 24.7 Å². The van der Waals surface area contributed by atoms with Gasteiger partial charge in [0.1, 0.15) is 0 Å². The minimum Gasteiger partial charge on any atom is -0.493 e. The highest BCUT2D eigenvalue weighted by Crippen LogP contribution is 2.19. The number of methoxy groups -OCH3 is 1. The van der Waals surface area contributed by atoms with Gasteiger partial charge < -0.3 is 14.8 Å². The van der Waals surface area contributed by atoms with Crippen LogP contribution in [0.2, 0.25) is 0 Å². The summed E-state index contributed by atoms with van der Waals surface area (Å²) in [6, 6.07) is 3.71. The number of anilines is 1. The van der Waals surface area contributed by atoms with Crippen LogP contribution in [0.1, 0.15) is 6.92 Å². The van der Waals surface area contributed by atoms with Gasteiger partial charge in [0.2, 0.25) is 0 Å². The number of hydrogen-bond acceptors (Lipinski definition) is 4. The minimum atomic E-state index is 0.677. The molecule has 4 nitrogen and oxygen atoms in total. The average Bonchev–Trinajstić information content (AvgIpc) is 2.25. The Kier molecular flexibility index (Phi) is 4.78. The summed E-state index contributed by atoms with van der Waals surface area (Å²) in [5.74, 6) is 1.51. The summed E-state index contributed by atoms with van der Waals surface area (Å²) in [5.41, 5.74) is 0. The number of nitrogens with zero attached hydrogens (tertiary/aromatic N) is 1. The quantitative estimate of drug-likeness (QED) is 0.701. The van der Waals surface area contributed by atoms with E-state index < -0.39 is 0 Å². The standard InChI is InChI=1S/C10H16N2O2/c1-3-14-8-7-12-10-9(13-2)5-4-6-11-10/h4-6H,3,7-8H2,1-2H3,(H,11,12). The lowest BCUT2D eigenvalue weighted by atomic mass is 10.4. The number of ether oxygens (including phenoxy) is 2. The second kappa shape index (κ2) is 6.21. The number of aromatic nitrogens is 1. The van der Waals surface area contributed by atoms with E-state index >= 15 is 0 Å². The molecule has 0 aliphatic heterocycles. The zero-order valence-electron chi connectivity index (χ0n) is 8.62. The van der Waals surface area contributed by atoms with Gasteiger partial charge in [-0.1, -0.05) is 0 Å². The summed E-state index contributed by atoms with van der Waals surface area (Å²) in [4.78, 5) is 4.16. The van der Waals surface area contributed by atoms with Gasteiger partial charge in [0, 0.05) is 19.3 Å². The van der Waals surface area contributed by atoms with Crippen LogP contribution in [-0.2, 0) is 4.74 Å². The fourth-order valence-electron chi connectivity index (χ4n) is 1.07. The molecule has 14 heavy (non-hydrogen) atoms. The molecule has 0 fully saturated rings. The van der Waals surface area contributed by atoms with Crippen molar-refractivity contribution in [2.75, 3.05) is 32.2 Å². The smallest absolute Gasteiger partial charge is 0.168 e. The molecule has 0 spiro atoms. The molecule has 1 aromatic rings. The van der Waals surface area contributed by atoms with Crippen molar-refractivity contribution in [3.8, 4) is 5.75 Å². The van der Waals surface area contributed by atoms with Crippen LogP contribution >= 0.6 is 0 Å². The number of nitrogens with one attached hydrogen (secondary N) is 1. The van der Waals surface area contributed by atoms with Crippen molar-refractivity contribution < 1.29 is 9.47 Å². The lowest BCUT2D eigenvalue weighted by Crippen LogP contribution is -2.10. The van der Waals surface area contributed by atoms with Crippen LogP contribution in [0, 0.1) is 0 Å². The SMILES string of the molecule is CCOCCNc1ncccc1OC.